The molecule has 150 valence electrons. The molecule has 1 aliphatic carbocycles. The number of fused-ring (bicyclic) bond motifs is 2. The predicted molar refractivity (Wildman–Crippen MR) is 111 cm³/mol. The van der Waals surface area contributed by atoms with Gasteiger partial charge in [0.15, 0.2) is 5.78 Å². The van der Waals surface area contributed by atoms with Crippen LogP contribution >= 0.6 is 0 Å². The number of carbonyl (C=O) groups excluding carboxylic acids is 1. The number of aliphatic hydroxyl groups excluding tert-OH is 1. The van der Waals surface area contributed by atoms with Crippen LogP contribution in [0.4, 0.5) is 0 Å². The Balaban J connectivity index is 1.44. The summed E-state index contributed by atoms with van der Waals surface area (Å²) in [6.07, 6.45) is 7.32. The molecule has 2 aromatic heterocycles. The molecule has 1 aliphatic heterocycles. The molecule has 1 aromatic carbocycles. The number of ether oxygens (including phenoxy) is 1. The van der Waals surface area contributed by atoms with Gasteiger partial charge in [0.25, 0.3) is 0 Å². The van der Waals surface area contributed by atoms with Crippen LogP contribution in [-0.2, 0) is 12.8 Å². The maximum atomic E-state index is 13.1. The lowest BCUT2D eigenvalue weighted by Gasteiger charge is -2.26. The van der Waals surface area contributed by atoms with Crippen LogP contribution in [0.1, 0.15) is 59.3 Å². The van der Waals surface area contributed by atoms with Crippen molar-refractivity contribution in [3.05, 3.63) is 65.0 Å². The third kappa shape index (κ3) is 3.55. The van der Waals surface area contributed by atoms with Gasteiger partial charge in [0, 0.05) is 19.0 Å². The van der Waals surface area contributed by atoms with Crippen molar-refractivity contribution in [2.45, 2.75) is 51.0 Å². The highest BCUT2D eigenvalue weighted by molar-refractivity contribution is 5.96. The molecule has 2 atom stereocenters. The Morgan fingerprint density at radius 1 is 1.21 bits per heavy atom. The summed E-state index contributed by atoms with van der Waals surface area (Å²) in [5.41, 5.74) is 5.16. The fourth-order valence-corrected chi connectivity index (χ4v) is 4.79. The minimum Gasteiger partial charge on any atom is -0.493 e. The van der Waals surface area contributed by atoms with Gasteiger partial charge in [-0.2, -0.15) is 5.10 Å². The first kappa shape index (κ1) is 18.4. The van der Waals surface area contributed by atoms with Crippen LogP contribution in [0.2, 0.25) is 0 Å². The Kier molecular flexibility index (Phi) is 4.84. The third-order valence-electron chi connectivity index (χ3n) is 6.37. The van der Waals surface area contributed by atoms with Gasteiger partial charge in [0.1, 0.15) is 11.4 Å². The highest BCUT2D eigenvalue weighted by Crippen LogP contribution is 2.30. The summed E-state index contributed by atoms with van der Waals surface area (Å²) in [6.45, 7) is 0.754. The smallest absolute Gasteiger partial charge is 0.181 e. The fourth-order valence-electron chi connectivity index (χ4n) is 4.79. The number of carbonyl (C=O) groups is 1. The van der Waals surface area contributed by atoms with E-state index in [-0.39, 0.29) is 17.8 Å². The number of hydrogen-bond donors (Lipinski definition) is 1. The number of hydrogen-bond acceptors (Lipinski definition) is 4. The number of aromatic nitrogens is 2. The molecule has 3 heterocycles. The number of Topliss-reactive ketones (excluding diaryl/α,β-unsaturated/α-hetero) is 1. The molecule has 5 rings (SSSR count). The Morgan fingerprint density at radius 2 is 2.10 bits per heavy atom. The minimum atomic E-state index is -0.361. The van der Waals surface area contributed by atoms with Crippen molar-refractivity contribution in [1.82, 2.24) is 9.61 Å². The number of rotatable bonds is 5. The largest absolute Gasteiger partial charge is 0.493 e. The van der Waals surface area contributed by atoms with E-state index < -0.39 is 0 Å². The molecule has 0 saturated heterocycles. The zero-order valence-corrected chi connectivity index (χ0v) is 16.5. The van der Waals surface area contributed by atoms with E-state index in [1.165, 1.54) is 11.1 Å². The molecule has 0 amide bonds. The van der Waals surface area contributed by atoms with Gasteiger partial charge in [-0.05, 0) is 66.1 Å². The molecule has 0 unspecified atom stereocenters. The molecule has 5 heteroatoms. The molecule has 1 saturated carbocycles. The quantitative estimate of drug-likeness (QED) is 0.669. The molecule has 0 radical (unpaired) electrons. The SMILES string of the molecule is O=C(C[C@H]1CCCC[C@@H]1O)c1cc(Cc2ccc3c(c2)CCO3)c2cccnn12. The van der Waals surface area contributed by atoms with Crippen LogP contribution in [0.25, 0.3) is 5.52 Å². The molecule has 5 nitrogen and oxygen atoms in total. The number of benzene rings is 1. The van der Waals surface area contributed by atoms with E-state index in [1.807, 2.05) is 24.3 Å². The second-order valence-corrected chi connectivity index (χ2v) is 8.33. The molecule has 1 fully saturated rings. The van der Waals surface area contributed by atoms with Gasteiger partial charge >= 0.3 is 0 Å². The van der Waals surface area contributed by atoms with Crippen LogP contribution in [0, 0.1) is 5.92 Å². The highest BCUT2D eigenvalue weighted by Gasteiger charge is 2.27. The van der Waals surface area contributed by atoms with E-state index in [9.17, 15) is 9.90 Å². The number of aliphatic hydroxyl groups is 1. The van der Waals surface area contributed by atoms with Gasteiger partial charge in [-0.15, -0.1) is 0 Å². The molecule has 2 aliphatic rings. The molecular formula is C24H26N2O3. The van der Waals surface area contributed by atoms with Crippen LogP contribution in [-0.4, -0.2) is 33.2 Å². The second kappa shape index (κ2) is 7.64. The average molecular weight is 390 g/mol. The van der Waals surface area contributed by atoms with E-state index in [0.29, 0.717) is 12.1 Å². The number of nitrogens with zero attached hydrogens (tertiary/aromatic N) is 2. The van der Waals surface area contributed by atoms with Crippen molar-refractivity contribution >= 4 is 11.3 Å². The Hall–Kier alpha value is -2.66. The summed E-state index contributed by atoms with van der Waals surface area (Å²) in [4.78, 5) is 13.1. The van der Waals surface area contributed by atoms with Gasteiger partial charge in [-0.25, -0.2) is 4.52 Å². The van der Waals surface area contributed by atoms with Gasteiger partial charge in [-0.1, -0.05) is 25.0 Å². The normalized spacial score (nSPS) is 21.1. The van der Waals surface area contributed by atoms with Crippen molar-refractivity contribution < 1.29 is 14.6 Å². The zero-order chi connectivity index (χ0) is 19.8. The van der Waals surface area contributed by atoms with Gasteiger partial charge in [0.2, 0.25) is 0 Å². The molecule has 0 spiro atoms. The molecule has 0 bridgehead atoms. The summed E-state index contributed by atoms with van der Waals surface area (Å²) >= 11 is 0. The third-order valence-corrected chi connectivity index (χ3v) is 6.37. The lowest BCUT2D eigenvalue weighted by molar-refractivity contribution is 0.0580. The Labute approximate surface area is 170 Å². The standard InChI is InChI=1S/C24H26N2O3/c27-22-6-2-1-4-17(22)15-23(28)21-14-19(20-5-3-10-25-26(20)21)13-16-7-8-24-18(12-16)9-11-29-24/h3,5,7-8,10,12,14,17,22,27H,1-2,4,6,9,11,13,15H2/t17-,22+/m1/s1. The monoisotopic (exact) mass is 390 g/mol. The lowest BCUT2D eigenvalue weighted by atomic mass is 9.83. The van der Waals surface area contributed by atoms with Crippen molar-refractivity contribution in [1.29, 1.82) is 0 Å². The Bertz CT molecular complexity index is 1060. The van der Waals surface area contributed by atoms with Crippen molar-refractivity contribution in [3.63, 3.8) is 0 Å². The topological polar surface area (TPSA) is 63.8 Å². The van der Waals surface area contributed by atoms with Crippen LogP contribution in [0.15, 0.2) is 42.6 Å². The second-order valence-electron chi connectivity index (χ2n) is 8.33. The van der Waals surface area contributed by atoms with Crippen LogP contribution in [0.3, 0.4) is 0 Å². The van der Waals surface area contributed by atoms with Crippen molar-refractivity contribution in [2.75, 3.05) is 6.61 Å². The van der Waals surface area contributed by atoms with E-state index in [0.717, 1.165) is 62.0 Å². The van der Waals surface area contributed by atoms with E-state index >= 15 is 0 Å². The van der Waals surface area contributed by atoms with E-state index in [2.05, 4.69) is 17.2 Å². The molecule has 3 aromatic rings. The molecule has 29 heavy (non-hydrogen) atoms. The summed E-state index contributed by atoms with van der Waals surface area (Å²) in [5, 5.41) is 14.7. The summed E-state index contributed by atoms with van der Waals surface area (Å²) in [7, 11) is 0. The van der Waals surface area contributed by atoms with Gasteiger partial charge < -0.3 is 9.84 Å². The lowest BCUT2D eigenvalue weighted by Crippen LogP contribution is -2.27. The minimum absolute atomic E-state index is 0.0608. The van der Waals surface area contributed by atoms with Crippen LogP contribution < -0.4 is 4.74 Å². The Morgan fingerprint density at radius 3 is 3.00 bits per heavy atom. The predicted octanol–water partition coefficient (Wildman–Crippen LogP) is 3.98. The average Bonchev–Trinajstić information content (AvgIpc) is 3.34. The van der Waals surface area contributed by atoms with E-state index in [1.54, 1.807) is 10.7 Å². The summed E-state index contributed by atoms with van der Waals surface area (Å²) in [6, 6.07) is 12.3. The molecule has 1 N–H and O–H groups in total. The first-order valence-electron chi connectivity index (χ1n) is 10.6. The summed E-state index contributed by atoms with van der Waals surface area (Å²) < 4.78 is 7.38. The fraction of sp³-hybridized carbons (Fsp3) is 0.417. The maximum absolute atomic E-state index is 13.1. The van der Waals surface area contributed by atoms with Crippen LogP contribution in [0.5, 0.6) is 5.75 Å². The van der Waals surface area contributed by atoms with E-state index in [4.69, 9.17) is 4.74 Å². The van der Waals surface area contributed by atoms with Crippen molar-refractivity contribution in [2.24, 2.45) is 5.92 Å². The first-order valence-corrected chi connectivity index (χ1v) is 10.6. The molecular weight excluding hydrogens is 364 g/mol. The first-order chi connectivity index (χ1) is 14.2. The highest BCUT2D eigenvalue weighted by atomic mass is 16.5. The maximum Gasteiger partial charge on any atom is 0.181 e. The summed E-state index contributed by atoms with van der Waals surface area (Å²) in [5.74, 6) is 1.11. The van der Waals surface area contributed by atoms with Gasteiger partial charge in [-0.3, -0.25) is 4.79 Å². The zero-order valence-electron chi connectivity index (χ0n) is 16.5. The van der Waals surface area contributed by atoms with Gasteiger partial charge in [0.05, 0.1) is 18.2 Å². The van der Waals surface area contributed by atoms with Crippen molar-refractivity contribution in [3.8, 4) is 5.75 Å². The number of ketones is 1.